The minimum atomic E-state index is -0.222. The molecule has 1 aliphatic rings. The molecule has 1 atom stereocenters. The highest BCUT2D eigenvalue weighted by atomic mass is 16.5. The summed E-state index contributed by atoms with van der Waals surface area (Å²) in [6.07, 6.45) is 0.935. The van der Waals surface area contributed by atoms with Crippen molar-refractivity contribution >= 4 is 11.8 Å². The molecule has 5 nitrogen and oxygen atoms in total. The van der Waals surface area contributed by atoms with E-state index in [4.69, 9.17) is 4.74 Å². The number of amides is 2. The van der Waals surface area contributed by atoms with E-state index in [9.17, 15) is 9.59 Å². The summed E-state index contributed by atoms with van der Waals surface area (Å²) in [5.41, 5.74) is 1.78. The van der Waals surface area contributed by atoms with Crippen LogP contribution >= 0.6 is 0 Å². The van der Waals surface area contributed by atoms with Gasteiger partial charge in [-0.3, -0.25) is 9.59 Å². The summed E-state index contributed by atoms with van der Waals surface area (Å²) < 4.78 is 5.18. The molecule has 1 N–H and O–H groups in total. The molecule has 0 radical (unpaired) electrons. The van der Waals surface area contributed by atoms with Crippen LogP contribution < -0.4 is 10.1 Å². The van der Waals surface area contributed by atoms with Crippen molar-refractivity contribution in [1.29, 1.82) is 0 Å². The van der Waals surface area contributed by atoms with Crippen molar-refractivity contribution in [2.45, 2.75) is 12.3 Å². The van der Waals surface area contributed by atoms with Crippen LogP contribution in [0.2, 0.25) is 0 Å². The Morgan fingerprint density at radius 2 is 1.84 bits per heavy atom. The maximum absolute atomic E-state index is 12.3. The van der Waals surface area contributed by atoms with Gasteiger partial charge in [-0.2, -0.15) is 0 Å². The number of hydrogen-bond donors (Lipinski definition) is 1. The van der Waals surface area contributed by atoms with Gasteiger partial charge in [0.1, 0.15) is 5.75 Å². The molecular formula is C20H22N2O3. The molecule has 1 heterocycles. The molecule has 1 aliphatic heterocycles. The zero-order valence-electron chi connectivity index (χ0n) is 14.3. The first kappa shape index (κ1) is 17.0. The zero-order valence-corrected chi connectivity index (χ0v) is 14.3. The molecule has 25 heavy (non-hydrogen) atoms. The molecule has 2 aromatic carbocycles. The van der Waals surface area contributed by atoms with Gasteiger partial charge < -0.3 is 15.0 Å². The van der Waals surface area contributed by atoms with Crippen molar-refractivity contribution in [1.82, 2.24) is 10.2 Å². The van der Waals surface area contributed by atoms with Crippen molar-refractivity contribution in [3.63, 3.8) is 0 Å². The number of likely N-dealkylation sites (tertiary alicyclic amines) is 1. The maximum Gasteiger partial charge on any atom is 0.251 e. The van der Waals surface area contributed by atoms with Gasteiger partial charge in [0.2, 0.25) is 5.91 Å². The van der Waals surface area contributed by atoms with Crippen molar-refractivity contribution in [3.8, 4) is 5.75 Å². The third-order valence-electron chi connectivity index (χ3n) is 4.56. The van der Waals surface area contributed by atoms with Gasteiger partial charge in [0.15, 0.2) is 0 Å². The van der Waals surface area contributed by atoms with Crippen molar-refractivity contribution in [3.05, 3.63) is 65.7 Å². The fourth-order valence-electron chi connectivity index (χ4n) is 3.09. The Labute approximate surface area is 147 Å². The van der Waals surface area contributed by atoms with E-state index in [-0.39, 0.29) is 18.4 Å². The molecule has 1 saturated heterocycles. The van der Waals surface area contributed by atoms with Crippen LogP contribution in [0.25, 0.3) is 0 Å². The van der Waals surface area contributed by atoms with Crippen LogP contribution in [0.4, 0.5) is 0 Å². The van der Waals surface area contributed by atoms with Crippen LogP contribution in [0.15, 0.2) is 54.6 Å². The monoisotopic (exact) mass is 338 g/mol. The second kappa shape index (κ2) is 7.83. The first-order valence-corrected chi connectivity index (χ1v) is 8.42. The van der Waals surface area contributed by atoms with Crippen LogP contribution in [0.1, 0.15) is 28.3 Å². The summed E-state index contributed by atoms with van der Waals surface area (Å²) in [7, 11) is 1.65. The molecule has 130 valence electrons. The smallest absolute Gasteiger partial charge is 0.251 e. The normalized spacial score (nSPS) is 16.5. The molecule has 2 amide bonds. The Bertz CT molecular complexity index is 728. The average Bonchev–Trinajstić information content (AvgIpc) is 3.17. The second-order valence-corrected chi connectivity index (χ2v) is 6.15. The highest BCUT2D eigenvalue weighted by molar-refractivity contribution is 5.96. The number of carbonyl (C=O) groups is 2. The molecule has 0 aliphatic carbocycles. The molecule has 1 fully saturated rings. The van der Waals surface area contributed by atoms with E-state index in [1.807, 2.05) is 23.1 Å². The Morgan fingerprint density at radius 3 is 2.52 bits per heavy atom. The topological polar surface area (TPSA) is 58.6 Å². The van der Waals surface area contributed by atoms with E-state index in [0.29, 0.717) is 18.0 Å². The predicted octanol–water partition coefficient (Wildman–Crippen LogP) is 2.44. The number of methoxy groups -OCH3 is 1. The molecule has 0 bridgehead atoms. The van der Waals surface area contributed by atoms with Gasteiger partial charge in [0, 0.05) is 24.6 Å². The first-order chi connectivity index (χ1) is 12.2. The molecule has 3 rings (SSSR count). The minimum Gasteiger partial charge on any atom is -0.497 e. The van der Waals surface area contributed by atoms with E-state index in [1.54, 1.807) is 31.4 Å². The first-order valence-electron chi connectivity index (χ1n) is 8.42. The van der Waals surface area contributed by atoms with Gasteiger partial charge >= 0.3 is 0 Å². The number of benzene rings is 2. The number of rotatable bonds is 5. The number of nitrogens with zero attached hydrogens (tertiary/aromatic N) is 1. The van der Waals surface area contributed by atoms with Crippen LogP contribution in [0, 0.1) is 0 Å². The van der Waals surface area contributed by atoms with Crippen LogP contribution in [-0.2, 0) is 4.79 Å². The summed E-state index contributed by atoms with van der Waals surface area (Å²) in [4.78, 5) is 26.2. The molecular weight excluding hydrogens is 316 g/mol. The van der Waals surface area contributed by atoms with Gasteiger partial charge in [0.05, 0.1) is 13.7 Å². The summed E-state index contributed by atoms with van der Waals surface area (Å²) in [6, 6.07) is 16.9. The van der Waals surface area contributed by atoms with Gasteiger partial charge in [-0.15, -0.1) is 0 Å². The van der Waals surface area contributed by atoms with Gasteiger partial charge in [-0.1, -0.05) is 30.3 Å². The van der Waals surface area contributed by atoms with Crippen molar-refractivity contribution in [2.24, 2.45) is 0 Å². The fourth-order valence-corrected chi connectivity index (χ4v) is 3.09. The quantitative estimate of drug-likeness (QED) is 0.911. The van der Waals surface area contributed by atoms with Crippen LogP contribution in [0.5, 0.6) is 5.75 Å². The minimum absolute atomic E-state index is 0.0308. The van der Waals surface area contributed by atoms with Crippen molar-refractivity contribution in [2.75, 3.05) is 26.7 Å². The summed E-state index contributed by atoms with van der Waals surface area (Å²) in [6.45, 7) is 1.44. The highest BCUT2D eigenvalue weighted by Gasteiger charge is 2.27. The van der Waals surface area contributed by atoms with E-state index >= 15 is 0 Å². The third kappa shape index (κ3) is 4.18. The molecule has 0 saturated carbocycles. The molecule has 0 unspecified atom stereocenters. The number of carbonyl (C=O) groups excluding carboxylic acids is 2. The largest absolute Gasteiger partial charge is 0.497 e. The molecule has 0 spiro atoms. The van der Waals surface area contributed by atoms with Gasteiger partial charge in [-0.25, -0.2) is 0 Å². The van der Waals surface area contributed by atoms with Crippen LogP contribution in [-0.4, -0.2) is 43.5 Å². The maximum atomic E-state index is 12.3. The number of nitrogens with one attached hydrogen (secondary N) is 1. The lowest BCUT2D eigenvalue weighted by Gasteiger charge is -2.17. The molecule has 2 aromatic rings. The van der Waals surface area contributed by atoms with Gasteiger partial charge in [0.25, 0.3) is 5.91 Å². The Kier molecular flexibility index (Phi) is 5.33. The summed E-state index contributed by atoms with van der Waals surface area (Å²) in [5, 5.41) is 2.70. The lowest BCUT2D eigenvalue weighted by atomic mass is 9.98. The van der Waals surface area contributed by atoms with Crippen molar-refractivity contribution < 1.29 is 14.3 Å². The SMILES string of the molecule is COc1ccc([C@H]2CCN(C(=O)CNC(=O)c3ccccc3)C2)cc1. The second-order valence-electron chi connectivity index (χ2n) is 6.15. The Hall–Kier alpha value is -2.82. The summed E-state index contributed by atoms with van der Waals surface area (Å²) in [5.74, 6) is 0.901. The van der Waals surface area contributed by atoms with E-state index < -0.39 is 0 Å². The Balaban J connectivity index is 1.51. The predicted molar refractivity (Wildman–Crippen MR) is 95.7 cm³/mol. The fraction of sp³-hybridized carbons (Fsp3) is 0.300. The number of ether oxygens (including phenoxy) is 1. The molecule has 5 heteroatoms. The lowest BCUT2D eigenvalue weighted by molar-refractivity contribution is -0.129. The van der Waals surface area contributed by atoms with Crippen LogP contribution in [0.3, 0.4) is 0 Å². The summed E-state index contributed by atoms with van der Waals surface area (Å²) >= 11 is 0. The highest BCUT2D eigenvalue weighted by Crippen LogP contribution is 2.28. The number of hydrogen-bond acceptors (Lipinski definition) is 3. The van der Waals surface area contributed by atoms with E-state index in [0.717, 1.165) is 18.7 Å². The standard InChI is InChI=1S/C20H22N2O3/c1-25-18-9-7-15(8-10-18)17-11-12-22(14-17)19(23)13-21-20(24)16-5-3-2-4-6-16/h2-10,17H,11-14H2,1H3,(H,21,24)/t17-/m0/s1. The third-order valence-corrected chi connectivity index (χ3v) is 4.56. The Morgan fingerprint density at radius 1 is 1.12 bits per heavy atom. The van der Waals surface area contributed by atoms with E-state index in [1.165, 1.54) is 5.56 Å². The van der Waals surface area contributed by atoms with E-state index in [2.05, 4.69) is 17.4 Å². The van der Waals surface area contributed by atoms with Gasteiger partial charge in [-0.05, 0) is 36.2 Å². The zero-order chi connectivity index (χ0) is 17.6. The average molecular weight is 338 g/mol. The molecule has 0 aromatic heterocycles. The lowest BCUT2D eigenvalue weighted by Crippen LogP contribution is -2.39.